The first kappa shape index (κ1) is 15.5. The Hall–Kier alpha value is -0.560. The van der Waals surface area contributed by atoms with E-state index >= 15 is 0 Å². The monoisotopic (exact) mass is 348 g/mol. The van der Waals surface area contributed by atoms with Crippen molar-refractivity contribution in [3.05, 3.63) is 28.2 Å². The van der Waals surface area contributed by atoms with Gasteiger partial charge in [0, 0.05) is 18.7 Å². The first-order chi connectivity index (χ1) is 8.22. The first-order valence-electron chi connectivity index (χ1n) is 4.49. The van der Waals surface area contributed by atoms with Gasteiger partial charge in [-0.2, -0.15) is 13.2 Å². The molecule has 102 valence electrons. The van der Waals surface area contributed by atoms with Crippen LogP contribution in [0.3, 0.4) is 0 Å². The number of phosphoric acid groups is 1. The Kier molecular flexibility index (Phi) is 4.83. The van der Waals surface area contributed by atoms with Crippen molar-refractivity contribution in [3.63, 3.8) is 0 Å². The molecule has 1 aromatic rings. The highest BCUT2D eigenvalue weighted by Crippen LogP contribution is 2.48. The van der Waals surface area contributed by atoms with E-state index in [9.17, 15) is 17.7 Å². The first-order valence-corrected chi connectivity index (χ1v) is 6.75. The van der Waals surface area contributed by atoms with E-state index in [0.29, 0.717) is 6.07 Å². The summed E-state index contributed by atoms with van der Waals surface area (Å²) in [7, 11) is -1.75. The van der Waals surface area contributed by atoms with Crippen LogP contribution < -0.4 is 4.52 Å². The Morgan fingerprint density at radius 3 is 2.22 bits per heavy atom. The smallest absolute Gasteiger partial charge is 0.404 e. The number of hydrogen-bond donors (Lipinski definition) is 0. The zero-order chi connectivity index (χ0) is 14.0. The summed E-state index contributed by atoms with van der Waals surface area (Å²) >= 11 is 2.77. The lowest BCUT2D eigenvalue weighted by Gasteiger charge is -2.16. The summed E-state index contributed by atoms with van der Waals surface area (Å²) in [6, 6.07) is 3.05. The van der Waals surface area contributed by atoms with Crippen LogP contribution in [-0.2, 0) is 19.8 Å². The molecule has 0 aliphatic heterocycles. The third-order valence-corrected chi connectivity index (χ3v) is 3.93. The topological polar surface area (TPSA) is 44.8 Å². The van der Waals surface area contributed by atoms with E-state index in [1.54, 1.807) is 0 Å². The minimum absolute atomic E-state index is 0.146. The minimum atomic E-state index is -4.55. The van der Waals surface area contributed by atoms with Crippen molar-refractivity contribution >= 4 is 23.8 Å². The maximum absolute atomic E-state index is 12.6. The molecular weight excluding hydrogens is 340 g/mol. The summed E-state index contributed by atoms with van der Waals surface area (Å²) in [6.45, 7) is 0. The molecular formula is C9H9BrF3O4P. The molecule has 0 spiro atoms. The molecule has 0 radical (unpaired) electrons. The van der Waals surface area contributed by atoms with Gasteiger partial charge >= 0.3 is 14.0 Å². The normalized spacial score (nSPS) is 12.6. The van der Waals surface area contributed by atoms with E-state index in [0.717, 1.165) is 20.3 Å². The Bertz CT molecular complexity index is 469. The Balaban J connectivity index is 3.10. The Morgan fingerprint density at radius 2 is 1.78 bits per heavy atom. The average Bonchev–Trinajstić information content (AvgIpc) is 2.30. The zero-order valence-corrected chi connectivity index (χ0v) is 11.8. The van der Waals surface area contributed by atoms with Crippen molar-refractivity contribution < 1.29 is 31.3 Å². The number of halogens is 4. The molecule has 0 fully saturated rings. The molecule has 0 amide bonds. The average molecular weight is 349 g/mol. The maximum Gasteiger partial charge on any atom is 0.529 e. The minimum Gasteiger partial charge on any atom is -0.404 e. The second-order valence-corrected chi connectivity index (χ2v) is 5.70. The number of benzene rings is 1. The van der Waals surface area contributed by atoms with Gasteiger partial charge in [-0.1, -0.05) is 15.9 Å². The quantitative estimate of drug-likeness (QED) is 0.763. The molecule has 0 aromatic heterocycles. The van der Waals surface area contributed by atoms with Gasteiger partial charge < -0.3 is 4.52 Å². The van der Waals surface area contributed by atoms with Crippen molar-refractivity contribution in [1.82, 2.24) is 0 Å². The van der Waals surface area contributed by atoms with Gasteiger partial charge in [-0.3, -0.25) is 9.05 Å². The van der Waals surface area contributed by atoms with Crippen molar-refractivity contribution in [2.45, 2.75) is 6.18 Å². The number of phosphoric ester groups is 1. The zero-order valence-electron chi connectivity index (χ0n) is 9.32. The van der Waals surface area contributed by atoms with E-state index in [-0.39, 0.29) is 10.2 Å². The molecule has 1 rings (SSSR count). The summed E-state index contributed by atoms with van der Waals surface area (Å²) in [5.74, 6) is -0.266. The Morgan fingerprint density at radius 1 is 1.22 bits per heavy atom. The van der Waals surface area contributed by atoms with Crippen LogP contribution in [0.25, 0.3) is 0 Å². The van der Waals surface area contributed by atoms with Gasteiger partial charge in [-0.15, -0.1) is 0 Å². The highest BCUT2D eigenvalue weighted by atomic mass is 79.9. The molecule has 0 saturated heterocycles. The van der Waals surface area contributed by atoms with E-state index in [2.05, 4.69) is 25.0 Å². The summed E-state index contributed by atoms with van der Waals surface area (Å²) in [5.41, 5.74) is -0.946. The van der Waals surface area contributed by atoms with Gasteiger partial charge in [-0.25, -0.2) is 4.57 Å². The van der Waals surface area contributed by atoms with Gasteiger partial charge in [0.1, 0.15) is 5.75 Å². The van der Waals surface area contributed by atoms with Crippen LogP contribution in [0.1, 0.15) is 5.56 Å². The molecule has 0 aliphatic rings. The van der Waals surface area contributed by atoms with Gasteiger partial charge in [0.15, 0.2) is 0 Å². The van der Waals surface area contributed by atoms with E-state index in [1.807, 2.05) is 0 Å². The largest absolute Gasteiger partial charge is 0.529 e. The standard InChI is InChI=1S/C9H9BrF3O4P/c1-15-18(14,16-2)17-6-3-4-8(10)7(5-6)9(11,12)13/h3-5H,1-2H3. The van der Waals surface area contributed by atoms with E-state index < -0.39 is 19.6 Å². The second-order valence-electron chi connectivity index (χ2n) is 3.04. The lowest BCUT2D eigenvalue weighted by Crippen LogP contribution is -2.06. The third-order valence-electron chi connectivity index (χ3n) is 1.91. The van der Waals surface area contributed by atoms with Crippen LogP contribution in [0.2, 0.25) is 0 Å². The van der Waals surface area contributed by atoms with Crippen molar-refractivity contribution in [3.8, 4) is 5.75 Å². The van der Waals surface area contributed by atoms with Crippen LogP contribution in [0.15, 0.2) is 22.7 Å². The molecule has 4 nitrogen and oxygen atoms in total. The van der Waals surface area contributed by atoms with Crippen LogP contribution in [-0.4, -0.2) is 14.2 Å². The highest BCUT2D eigenvalue weighted by molar-refractivity contribution is 9.10. The molecule has 0 N–H and O–H groups in total. The SMILES string of the molecule is COP(=O)(OC)Oc1ccc(Br)c(C(F)(F)F)c1. The fraction of sp³-hybridized carbons (Fsp3) is 0.333. The number of rotatable bonds is 4. The second kappa shape index (κ2) is 5.61. The molecule has 0 atom stereocenters. The number of alkyl halides is 3. The lowest BCUT2D eigenvalue weighted by atomic mass is 10.2. The molecule has 0 aliphatic carbocycles. The summed E-state index contributed by atoms with van der Waals surface area (Å²) in [6.07, 6.45) is -4.55. The van der Waals surface area contributed by atoms with Gasteiger partial charge in [-0.05, 0) is 18.2 Å². The molecule has 9 heteroatoms. The van der Waals surface area contributed by atoms with Crippen molar-refractivity contribution in [2.75, 3.05) is 14.2 Å². The molecule has 18 heavy (non-hydrogen) atoms. The van der Waals surface area contributed by atoms with Crippen LogP contribution in [0.4, 0.5) is 13.2 Å². The molecule has 0 heterocycles. The van der Waals surface area contributed by atoms with E-state index in [1.165, 1.54) is 6.07 Å². The summed E-state index contributed by atoms with van der Waals surface area (Å²) < 4.78 is 63.0. The molecule has 0 unspecified atom stereocenters. The lowest BCUT2D eigenvalue weighted by molar-refractivity contribution is -0.138. The maximum atomic E-state index is 12.6. The highest BCUT2D eigenvalue weighted by Gasteiger charge is 2.34. The van der Waals surface area contributed by atoms with Crippen LogP contribution in [0.5, 0.6) is 5.75 Å². The number of hydrogen-bond acceptors (Lipinski definition) is 4. The summed E-state index contributed by atoms with van der Waals surface area (Å²) in [4.78, 5) is 0. The third kappa shape index (κ3) is 3.71. The van der Waals surface area contributed by atoms with Gasteiger partial charge in [0.05, 0.1) is 5.56 Å². The van der Waals surface area contributed by atoms with Gasteiger partial charge in [0.25, 0.3) is 0 Å². The van der Waals surface area contributed by atoms with Gasteiger partial charge in [0.2, 0.25) is 0 Å². The predicted octanol–water partition coefficient (Wildman–Crippen LogP) is 4.25. The Labute approximate surface area is 110 Å². The predicted molar refractivity (Wildman–Crippen MR) is 61.4 cm³/mol. The fourth-order valence-corrected chi connectivity index (χ4v) is 2.20. The summed E-state index contributed by atoms with van der Waals surface area (Å²) in [5, 5.41) is 0. The molecule has 1 aromatic carbocycles. The van der Waals surface area contributed by atoms with E-state index in [4.69, 9.17) is 4.52 Å². The molecule has 0 bridgehead atoms. The van der Waals surface area contributed by atoms with Crippen LogP contribution >= 0.6 is 23.8 Å². The van der Waals surface area contributed by atoms with Crippen molar-refractivity contribution in [1.29, 1.82) is 0 Å². The van der Waals surface area contributed by atoms with Crippen LogP contribution in [0, 0.1) is 0 Å². The fourth-order valence-electron chi connectivity index (χ4n) is 1.06. The van der Waals surface area contributed by atoms with Crippen molar-refractivity contribution in [2.24, 2.45) is 0 Å². The molecule has 0 saturated carbocycles.